The van der Waals surface area contributed by atoms with E-state index in [0.29, 0.717) is 12.1 Å². The van der Waals surface area contributed by atoms with Crippen LogP contribution in [0.3, 0.4) is 0 Å². The number of hydrogen-bond donors (Lipinski definition) is 2. The molecule has 2 fully saturated rings. The van der Waals surface area contributed by atoms with Gasteiger partial charge in [0.15, 0.2) is 0 Å². The molecule has 0 unspecified atom stereocenters. The van der Waals surface area contributed by atoms with Crippen LogP contribution in [0.25, 0.3) is 0 Å². The van der Waals surface area contributed by atoms with Gasteiger partial charge in [-0.3, -0.25) is 4.90 Å². The SMILES string of the molecule is C=CCN1[C@@H]2CCC[C@@H]1CC(NC(=O)Nc1cc(C)cc(C)c1)C2. The maximum Gasteiger partial charge on any atom is 0.319 e. The minimum atomic E-state index is -0.0831. The van der Waals surface area contributed by atoms with E-state index in [0.717, 1.165) is 36.2 Å². The minimum absolute atomic E-state index is 0.0831. The van der Waals surface area contributed by atoms with Crippen LogP contribution < -0.4 is 10.6 Å². The Kier molecular flexibility index (Phi) is 5.24. The number of nitrogens with zero attached hydrogens (tertiary/aromatic N) is 1. The molecule has 0 saturated carbocycles. The Hall–Kier alpha value is -1.81. The largest absolute Gasteiger partial charge is 0.335 e. The highest BCUT2D eigenvalue weighted by atomic mass is 16.2. The number of rotatable bonds is 4. The average Bonchev–Trinajstić information content (AvgIpc) is 2.47. The van der Waals surface area contributed by atoms with Crippen molar-refractivity contribution < 1.29 is 4.79 Å². The zero-order valence-electron chi connectivity index (χ0n) is 14.8. The highest BCUT2D eigenvalue weighted by Crippen LogP contribution is 2.33. The first-order chi connectivity index (χ1) is 11.5. The molecule has 4 heteroatoms. The topological polar surface area (TPSA) is 44.4 Å². The summed E-state index contributed by atoms with van der Waals surface area (Å²) in [5, 5.41) is 6.19. The van der Waals surface area contributed by atoms with Crippen LogP contribution >= 0.6 is 0 Å². The maximum absolute atomic E-state index is 12.4. The molecule has 1 aromatic carbocycles. The van der Waals surface area contributed by atoms with Crippen molar-refractivity contribution in [1.29, 1.82) is 0 Å². The van der Waals surface area contributed by atoms with Gasteiger partial charge in [-0.25, -0.2) is 4.79 Å². The van der Waals surface area contributed by atoms with Crippen molar-refractivity contribution in [2.45, 2.75) is 64.1 Å². The number of benzene rings is 1. The van der Waals surface area contributed by atoms with Gasteiger partial charge in [-0.1, -0.05) is 18.6 Å². The Morgan fingerprint density at radius 3 is 2.42 bits per heavy atom. The van der Waals surface area contributed by atoms with Crippen molar-refractivity contribution in [2.75, 3.05) is 11.9 Å². The van der Waals surface area contributed by atoms with E-state index >= 15 is 0 Å². The summed E-state index contributed by atoms with van der Waals surface area (Å²) in [6.07, 6.45) is 7.88. The van der Waals surface area contributed by atoms with Crippen LogP contribution in [0, 0.1) is 13.8 Å². The van der Waals surface area contributed by atoms with Crippen molar-refractivity contribution in [3.63, 3.8) is 0 Å². The van der Waals surface area contributed by atoms with Crippen LogP contribution in [0.5, 0.6) is 0 Å². The number of fused-ring (bicyclic) bond motifs is 2. The average molecular weight is 327 g/mol. The summed E-state index contributed by atoms with van der Waals surface area (Å²) in [6, 6.07) is 7.48. The number of carbonyl (C=O) groups excluding carboxylic acids is 1. The van der Waals surface area contributed by atoms with Crippen molar-refractivity contribution in [3.05, 3.63) is 42.0 Å². The van der Waals surface area contributed by atoms with Gasteiger partial charge in [-0.05, 0) is 62.8 Å². The van der Waals surface area contributed by atoms with Crippen molar-refractivity contribution in [3.8, 4) is 0 Å². The van der Waals surface area contributed by atoms with E-state index in [1.165, 1.54) is 19.3 Å². The maximum atomic E-state index is 12.4. The predicted molar refractivity (Wildman–Crippen MR) is 99.4 cm³/mol. The second-order valence-corrected chi connectivity index (χ2v) is 7.37. The van der Waals surface area contributed by atoms with Crippen molar-refractivity contribution >= 4 is 11.7 Å². The van der Waals surface area contributed by atoms with E-state index in [1.807, 2.05) is 32.1 Å². The molecule has 2 atom stereocenters. The van der Waals surface area contributed by atoms with E-state index in [1.54, 1.807) is 0 Å². The quantitative estimate of drug-likeness (QED) is 0.821. The molecule has 2 amide bonds. The summed E-state index contributed by atoms with van der Waals surface area (Å²) < 4.78 is 0. The van der Waals surface area contributed by atoms with Crippen LogP contribution in [-0.4, -0.2) is 35.6 Å². The second kappa shape index (κ2) is 7.39. The monoisotopic (exact) mass is 327 g/mol. The van der Waals surface area contributed by atoms with Gasteiger partial charge in [-0.15, -0.1) is 6.58 Å². The van der Waals surface area contributed by atoms with Crippen LogP contribution in [0.15, 0.2) is 30.9 Å². The standard InChI is InChI=1S/C20H29N3O/c1-4-8-23-18-6-5-7-19(23)13-17(12-18)22-20(24)21-16-10-14(2)9-15(3)11-16/h4,9-11,17-19H,1,5-8,12-13H2,2-3H3,(H2,21,22,24)/t18-,19-/m1/s1. The van der Waals surface area contributed by atoms with Gasteiger partial charge < -0.3 is 10.6 Å². The van der Waals surface area contributed by atoms with E-state index in [2.05, 4.69) is 28.2 Å². The van der Waals surface area contributed by atoms with Gasteiger partial charge >= 0.3 is 6.03 Å². The predicted octanol–water partition coefficient (Wildman–Crippen LogP) is 4.00. The first-order valence-electron chi connectivity index (χ1n) is 9.07. The highest BCUT2D eigenvalue weighted by molar-refractivity contribution is 5.89. The Morgan fingerprint density at radius 2 is 1.83 bits per heavy atom. The first kappa shape index (κ1) is 17.0. The van der Waals surface area contributed by atoms with Crippen LogP contribution in [0.1, 0.15) is 43.2 Å². The summed E-state index contributed by atoms with van der Waals surface area (Å²) in [4.78, 5) is 15.0. The Bertz CT molecular complexity index is 579. The molecule has 2 aliphatic rings. The highest BCUT2D eigenvalue weighted by Gasteiger charge is 2.37. The molecule has 2 bridgehead atoms. The zero-order valence-corrected chi connectivity index (χ0v) is 14.8. The number of piperidine rings is 2. The minimum Gasteiger partial charge on any atom is -0.335 e. The molecule has 0 aliphatic carbocycles. The van der Waals surface area contributed by atoms with Crippen LogP contribution in [-0.2, 0) is 0 Å². The second-order valence-electron chi connectivity index (χ2n) is 7.37. The van der Waals surface area contributed by atoms with E-state index in [4.69, 9.17) is 0 Å². The molecule has 2 heterocycles. The molecule has 2 saturated heterocycles. The molecular weight excluding hydrogens is 298 g/mol. The van der Waals surface area contributed by atoms with E-state index in [9.17, 15) is 4.79 Å². The van der Waals surface area contributed by atoms with Crippen molar-refractivity contribution in [2.24, 2.45) is 0 Å². The van der Waals surface area contributed by atoms with Crippen LogP contribution in [0.4, 0.5) is 10.5 Å². The molecule has 0 aromatic heterocycles. The normalized spacial score (nSPS) is 26.7. The van der Waals surface area contributed by atoms with Gasteiger partial charge in [0.1, 0.15) is 0 Å². The Balaban J connectivity index is 1.58. The summed E-state index contributed by atoms with van der Waals surface area (Å²) in [6.45, 7) is 8.95. The summed E-state index contributed by atoms with van der Waals surface area (Å²) in [5.41, 5.74) is 3.20. The lowest BCUT2D eigenvalue weighted by molar-refractivity contribution is 0.0375. The number of amides is 2. The summed E-state index contributed by atoms with van der Waals surface area (Å²) in [5.74, 6) is 0. The van der Waals surface area contributed by atoms with Gasteiger partial charge in [0.2, 0.25) is 0 Å². The zero-order chi connectivity index (χ0) is 17.1. The molecular formula is C20H29N3O. The third-order valence-electron chi connectivity index (χ3n) is 5.28. The number of aryl methyl sites for hydroxylation is 2. The summed E-state index contributed by atoms with van der Waals surface area (Å²) in [7, 11) is 0. The van der Waals surface area contributed by atoms with Crippen LogP contribution in [0.2, 0.25) is 0 Å². The molecule has 0 radical (unpaired) electrons. The molecule has 24 heavy (non-hydrogen) atoms. The fourth-order valence-electron chi connectivity index (χ4n) is 4.44. The molecule has 1 aromatic rings. The number of carbonyl (C=O) groups is 1. The Morgan fingerprint density at radius 1 is 1.21 bits per heavy atom. The molecule has 0 spiro atoms. The molecule has 130 valence electrons. The molecule has 4 nitrogen and oxygen atoms in total. The van der Waals surface area contributed by atoms with Crippen molar-refractivity contribution in [1.82, 2.24) is 10.2 Å². The third kappa shape index (κ3) is 3.99. The third-order valence-corrected chi connectivity index (χ3v) is 5.28. The summed E-state index contributed by atoms with van der Waals surface area (Å²) >= 11 is 0. The first-order valence-corrected chi connectivity index (χ1v) is 9.07. The van der Waals surface area contributed by atoms with Gasteiger partial charge in [0.25, 0.3) is 0 Å². The smallest absolute Gasteiger partial charge is 0.319 e. The van der Waals surface area contributed by atoms with Gasteiger partial charge in [0.05, 0.1) is 0 Å². The number of urea groups is 1. The molecule has 3 rings (SSSR count). The number of nitrogens with one attached hydrogen (secondary N) is 2. The fraction of sp³-hybridized carbons (Fsp3) is 0.550. The Labute approximate surface area is 145 Å². The lowest BCUT2D eigenvalue weighted by Gasteiger charge is -2.48. The fourth-order valence-corrected chi connectivity index (χ4v) is 4.44. The van der Waals surface area contributed by atoms with E-state index in [-0.39, 0.29) is 12.1 Å². The lowest BCUT2D eigenvalue weighted by Crippen LogP contribution is -2.57. The lowest BCUT2D eigenvalue weighted by atomic mass is 9.82. The van der Waals surface area contributed by atoms with E-state index < -0.39 is 0 Å². The van der Waals surface area contributed by atoms with Gasteiger partial charge in [-0.2, -0.15) is 0 Å². The van der Waals surface area contributed by atoms with Gasteiger partial charge in [0, 0.05) is 30.4 Å². The number of hydrogen-bond acceptors (Lipinski definition) is 2. The molecule has 2 aliphatic heterocycles. The molecule has 2 N–H and O–H groups in total. The number of anilines is 1.